The molecule has 6 heteroatoms. The molecule has 0 aromatic heterocycles. The highest BCUT2D eigenvalue weighted by atomic mass is 16.5. The first-order valence-electron chi connectivity index (χ1n) is 10.4. The summed E-state index contributed by atoms with van der Waals surface area (Å²) in [6.45, 7) is 8.39. The van der Waals surface area contributed by atoms with Gasteiger partial charge in [-0.05, 0) is 34.7 Å². The number of aliphatic imine (C=N–C) groups is 1. The van der Waals surface area contributed by atoms with Gasteiger partial charge < -0.3 is 20.7 Å². The molecule has 0 aliphatic carbocycles. The predicted molar refractivity (Wildman–Crippen MR) is 122 cm³/mol. The molecule has 3 N–H and O–H groups in total. The summed E-state index contributed by atoms with van der Waals surface area (Å²) in [6.07, 6.45) is 0.467. The van der Waals surface area contributed by atoms with Crippen LogP contribution in [0, 0.1) is 0 Å². The number of carbonyl (C=O) groups is 1. The van der Waals surface area contributed by atoms with Gasteiger partial charge in [-0.15, -0.1) is 0 Å². The summed E-state index contributed by atoms with van der Waals surface area (Å²) in [4.78, 5) is 16.2. The Morgan fingerprint density at radius 3 is 2.57 bits per heavy atom. The fourth-order valence-corrected chi connectivity index (χ4v) is 3.51. The van der Waals surface area contributed by atoms with E-state index in [-0.39, 0.29) is 17.2 Å². The van der Waals surface area contributed by atoms with Gasteiger partial charge in [-0.1, -0.05) is 51.1 Å². The molecular formula is C24H32N4O2. The zero-order valence-corrected chi connectivity index (χ0v) is 18.3. The normalized spacial score (nSPS) is 16.5. The van der Waals surface area contributed by atoms with E-state index in [2.05, 4.69) is 59.9 Å². The second-order valence-corrected chi connectivity index (χ2v) is 8.54. The quantitative estimate of drug-likeness (QED) is 0.387. The van der Waals surface area contributed by atoms with Crippen LogP contribution in [0.15, 0.2) is 53.5 Å². The molecule has 0 saturated carbocycles. The number of para-hydroxylation sites is 1. The molecule has 1 amide bonds. The number of hydrogen-bond donors (Lipinski definition) is 3. The van der Waals surface area contributed by atoms with Crippen molar-refractivity contribution < 1.29 is 9.53 Å². The lowest BCUT2D eigenvalue weighted by atomic mass is 9.87. The Hall–Kier alpha value is -3.02. The third kappa shape index (κ3) is 5.75. The van der Waals surface area contributed by atoms with Crippen LogP contribution in [0.4, 0.5) is 5.69 Å². The van der Waals surface area contributed by atoms with Gasteiger partial charge in [0.2, 0.25) is 5.91 Å². The van der Waals surface area contributed by atoms with Crippen LogP contribution in [0.3, 0.4) is 0 Å². The summed E-state index contributed by atoms with van der Waals surface area (Å²) in [5, 5.41) is 9.52. The number of fused-ring (bicyclic) bond motifs is 1. The van der Waals surface area contributed by atoms with Gasteiger partial charge in [0.25, 0.3) is 0 Å². The highest BCUT2D eigenvalue weighted by molar-refractivity contribution is 5.94. The Morgan fingerprint density at radius 1 is 1.13 bits per heavy atom. The van der Waals surface area contributed by atoms with Crippen LogP contribution >= 0.6 is 0 Å². The summed E-state index contributed by atoms with van der Waals surface area (Å²) in [7, 11) is 1.74. The fourth-order valence-electron chi connectivity index (χ4n) is 3.51. The van der Waals surface area contributed by atoms with Crippen LogP contribution in [0.2, 0.25) is 0 Å². The van der Waals surface area contributed by atoms with Crippen molar-refractivity contribution >= 4 is 17.6 Å². The number of anilines is 1. The van der Waals surface area contributed by atoms with E-state index in [4.69, 9.17) is 4.74 Å². The van der Waals surface area contributed by atoms with Crippen LogP contribution in [-0.4, -0.2) is 38.6 Å². The van der Waals surface area contributed by atoms with Crippen molar-refractivity contribution in [3.05, 3.63) is 59.7 Å². The van der Waals surface area contributed by atoms with Crippen molar-refractivity contribution in [2.45, 2.75) is 38.5 Å². The molecule has 0 saturated heterocycles. The van der Waals surface area contributed by atoms with E-state index in [1.807, 2.05) is 30.3 Å². The second kappa shape index (κ2) is 9.65. The van der Waals surface area contributed by atoms with Gasteiger partial charge in [0.15, 0.2) is 5.96 Å². The SMILES string of the molecule is CN=C(NCCOc1ccc(C(C)(C)C)cc1)NCC1CC(=O)Nc2ccccc21. The van der Waals surface area contributed by atoms with Crippen molar-refractivity contribution in [3.8, 4) is 5.75 Å². The van der Waals surface area contributed by atoms with E-state index in [0.29, 0.717) is 32.1 Å². The van der Waals surface area contributed by atoms with Gasteiger partial charge >= 0.3 is 0 Å². The van der Waals surface area contributed by atoms with Crippen molar-refractivity contribution in [2.75, 3.05) is 32.1 Å². The third-order valence-corrected chi connectivity index (χ3v) is 5.23. The van der Waals surface area contributed by atoms with Crippen LogP contribution in [-0.2, 0) is 10.2 Å². The summed E-state index contributed by atoms with van der Waals surface area (Å²) in [6, 6.07) is 16.2. The minimum atomic E-state index is 0.0503. The molecule has 1 unspecified atom stereocenters. The van der Waals surface area contributed by atoms with E-state index >= 15 is 0 Å². The van der Waals surface area contributed by atoms with Crippen molar-refractivity contribution in [1.82, 2.24) is 10.6 Å². The van der Waals surface area contributed by atoms with Gasteiger partial charge in [0, 0.05) is 31.6 Å². The topological polar surface area (TPSA) is 74.8 Å². The lowest BCUT2D eigenvalue weighted by Crippen LogP contribution is -2.42. The number of carbonyl (C=O) groups excluding carboxylic acids is 1. The van der Waals surface area contributed by atoms with E-state index < -0.39 is 0 Å². The summed E-state index contributed by atoms with van der Waals surface area (Å²) in [5.74, 6) is 1.73. The molecule has 1 heterocycles. The van der Waals surface area contributed by atoms with Crippen LogP contribution in [0.1, 0.15) is 44.2 Å². The molecular weight excluding hydrogens is 376 g/mol. The molecule has 0 fully saturated rings. The highest BCUT2D eigenvalue weighted by Gasteiger charge is 2.24. The largest absolute Gasteiger partial charge is 0.492 e. The average molecular weight is 409 g/mol. The number of ether oxygens (including phenoxy) is 1. The molecule has 0 spiro atoms. The average Bonchev–Trinajstić information content (AvgIpc) is 2.72. The first-order valence-corrected chi connectivity index (χ1v) is 10.4. The van der Waals surface area contributed by atoms with E-state index in [9.17, 15) is 4.79 Å². The number of nitrogens with one attached hydrogen (secondary N) is 3. The smallest absolute Gasteiger partial charge is 0.225 e. The minimum Gasteiger partial charge on any atom is -0.492 e. The molecule has 30 heavy (non-hydrogen) atoms. The maximum absolute atomic E-state index is 12.0. The second-order valence-electron chi connectivity index (χ2n) is 8.54. The first kappa shape index (κ1) is 21.7. The summed E-state index contributed by atoms with van der Waals surface area (Å²) < 4.78 is 5.83. The van der Waals surface area contributed by atoms with Crippen molar-refractivity contribution in [2.24, 2.45) is 4.99 Å². The first-order chi connectivity index (χ1) is 14.4. The molecule has 0 bridgehead atoms. The zero-order valence-electron chi connectivity index (χ0n) is 18.3. The lowest BCUT2D eigenvalue weighted by Gasteiger charge is -2.26. The van der Waals surface area contributed by atoms with Crippen LogP contribution < -0.4 is 20.7 Å². The number of rotatable bonds is 6. The number of benzene rings is 2. The zero-order chi connectivity index (χ0) is 21.6. The maximum atomic E-state index is 12.0. The maximum Gasteiger partial charge on any atom is 0.225 e. The Balaban J connectivity index is 1.44. The van der Waals surface area contributed by atoms with Gasteiger partial charge in [0.1, 0.15) is 12.4 Å². The standard InChI is InChI=1S/C24H32N4O2/c1-24(2,3)18-9-11-19(12-10-18)30-14-13-26-23(25-4)27-16-17-15-22(29)28-21-8-6-5-7-20(17)21/h5-12,17H,13-16H2,1-4H3,(H,28,29)(H2,25,26,27). The Morgan fingerprint density at radius 2 is 1.87 bits per heavy atom. The Labute approximate surface area is 179 Å². The molecule has 0 radical (unpaired) electrons. The van der Waals surface area contributed by atoms with Crippen molar-refractivity contribution in [3.63, 3.8) is 0 Å². The number of guanidine groups is 1. The van der Waals surface area contributed by atoms with Gasteiger partial charge in [-0.25, -0.2) is 0 Å². The van der Waals surface area contributed by atoms with E-state index in [0.717, 1.165) is 17.0 Å². The summed E-state index contributed by atoms with van der Waals surface area (Å²) >= 11 is 0. The van der Waals surface area contributed by atoms with Gasteiger partial charge in [-0.2, -0.15) is 0 Å². The lowest BCUT2D eigenvalue weighted by molar-refractivity contribution is -0.116. The monoisotopic (exact) mass is 408 g/mol. The van der Waals surface area contributed by atoms with Crippen LogP contribution in [0.5, 0.6) is 5.75 Å². The van der Waals surface area contributed by atoms with Gasteiger partial charge in [0.05, 0.1) is 6.54 Å². The molecule has 3 rings (SSSR count). The molecule has 1 aliphatic heterocycles. The minimum absolute atomic E-state index is 0.0503. The number of nitrogens with zero attached hydrogens (tertiary/aromatic N) is 1. The van der Waals surface area contributed by atoms with E-state index in [1.54, 1.807) is 7.05 Å². The molecule has 6 nitrogen and oxygen atoms in total. The number of amides is 1. The third-order valence-electron chi connectivity index (χ3n) is 5.23. The van der Waals surface area contributed by atoms with Crippen LogP contribution in [0.25, 0.3) is 0 Å². The van der Waals surface area contributed by atoms with E-state index in [1.165, 1.54) is 5.56 Å². The highest BCUT2D eigenvalue weighted by Crippen LogP contribution is 2.31. The Kier molecular flexibility index (Phi) is 6.98. The summed E-state index contributed by atoms with van der Waals surface area (Å²) in [5.41, 5.74) is 3.48. The molecule has 1 aliphatic rings. The molecule has 2 aromatic carbocycles. The predicted octanol–water partition coefficient (Wildman–Crippen LogP) is 3.65. The molecule has 160 valence electrons. The molecule has 2 aromatic rings. The number of hydrogen-bond acceptors (Lipinski definition) is 3. The molecule has 1 atom stereocenters. The fraction of sp³-hybridized carbons (Fsp3) is 0.417. The van der Waals surface area contributed by atoms with Gasteiger partial charge in [-0.3, -0.25) is 9.79 Å². The Bertz CT molecular complexity index is 885. The van der Waals surface area contributed by atoms with Crippen molar-refractivity contribution in [1.29, 1.82) is 0 Å².